The van der Waals surface area contributed by atoms with Crippen LogP contribution in [0.5, 0.6) is 0 Å². The van der Waals surface area contributed by atoms with E-state index in [9.17, 15) is 9.59 Å². The van der Waals surface area contributed by atoms with Crippen molar-refractivity contribution in [1.82, 2.24) is 15.0 Å². The lowest BCUT2D eigenvalue weighted by molar-refractivity contribution is -0.148. The summed E-state index contributed by atoms with van der Waals surface area (Å²) in [6.07, 6.45) is 1.64. The van der Waals surface area contributed by atoms with E-state index < -0.39 is 12.0 Å². The fourth-order valence-corrected chi connectivity index (χ4v) is 2.88. The van der Waals surface area contributed by atoms with Gasteiger partial charge in [-0.25, -0.2) is 4.79 Å². The summed E-state index contributed by atoms with van der Waals surface area (Å²) in [6, 6.07) is 6.31. The van der Waals surface area contributed by atoms with Crippen LogP contribution in [0.4, 0.5) is 0 Å². The normalized spacial score (nSPS) is 17.2. The van der Waals surface area contributed by atoms with Gasteiger partial charge >= 0.3 is 5.97 Å². The van der Waals surface area contributed by atoms with Crippen LogP contribution in [0.3, 0.4) is 0 Å². The van der Waals surface area contributed by atoms with Crippen molar-refractivity contribution in [3.8, 4) is 11.4 Å². The number of benzene rings is 1. The molecule has 2 heterocycles. The molecule has 1 atom stereocenters. The number of aromatic nitrogens is 2. The number of carboxylic acid groups (broad SMARTS) is 1. The van der Waals surface area contributed by atoms with Gasteiger partial charge < -0.3 is 14.5 Å². The van der Waals surface area contributed by atoms with E-state index in [0.29, 0.717) is 36.1 Å². The summed E-state index contributed by atoms with van der Waals surface area (Å²) in [5.41, 5.74) is 0.770. The number of aliphatic carboxylic acids is 1. The van der Waals surface area contributed by atoms with Gasteiger partial charge in [-0.2, -0.15) is 4.98 Å². The van der Waals surface area contributed by atoms with Crippen molar-refractivity contribution < 1.29 is 19.2 Å². The molecule has 7 nitrogen and oxygen atoms in total. The van der Waals surface area contributed by atoms with E-state index in [2.05, 4.69) is 10.1 Å². The van der Waals surface area contributed by atoms with Crippen LogP contribution >= 0.6 is 11.6 Å². The number of likely N-dealkylation sites (tertiary alicyclic amines) is 1. The summed E-state index contributed by atoms with van der Waals surface area (Å²) in [4.78, 5) is 29.0. The quantitative estimate of drug-likeness (QED) is 0.890. The lowest BCUT2D eigenvalue weighted by Gasteiger charge is -2.20. The standard InChI is InChI=1S/C16H16ClN3O4/c17-11-5-3-10(4-6-11)15-18-13(24-19-15)7-8-14(21)20-9-1-2-12(20)16(22)23/h3-6,12H,1-2,7-9H2,(H,22,23). The van der Waals surface area contributed by atoms with Gasteiger partial charge in [0.05, 0.1) is 0 Å². The highest BCUT2D eigenvalue weighted by atomic mass is 35.5. The van der Waals surface area contributed by atoms with E-state index in [1.807, 2.05) is 0 Å². The molecule has 0 saturated carbocycles. The van der Waals surface area contributed by atoms with Crippen LogP contribution in [-0.2, 0) is 16.0 Å². The van der Waals surface area contributed by atoms with E-state index in [1.54, 1.807) is 24.3 Å². The summed E-state index contributed by atoms with van der Waals surface area (Å²) in [5.74, 6) is -0.382. The van der Waals surface area contributed by atoms with Gasteiger partial charge in [0.2, 0.25) is 17.6 Å². The molecule has 1 aliphatic heterocycles. The molecule has 3 rings (SSSR count). The first-order valence-electron chi connectivity index (χ1n) is 7.65. The third-order valence-electron chi connectivity index (χ3n) is 3.98. The van der Waals surface area contributed by atoms with Crippen molar-refractivity contribution in [3.63, 3.8) is 0 Å². The molecule has 1 saturated heterocycles. The van der Waals surface area contributed by atoms with Crippen molar-refractivity contribution >= 4 is 23.5 Å². The SMILES string of the molecule is O=C(O)C1CCCN1C(=O)CCc1nc(-c2ccc(Cl)cc2)no1. The number of amides is 1. The van der Waals surface area contributed by atoms with E-state index in [0.717, 1.165) is 5.56 Å². The Bertz CT molecular complexity index is 744. The van der Waals surface area contributed by atoms with Crippen molar-refractivity contribution in [2.24, 2.45) is 0 Å². The van der Waals surface area contributed by atoms with Crippen LogP contribution in [0.2, 0.25) is 5.02 Å². The fourth-order valence-electron chi connectivity index (χ4n) is 2.75. The minimum Gasteiger partial charge on any atom is -0.480 e. The van der Waals surface area contributed by atoms with Crippen molar-refractivity contribution in [2.45, 2.75) is 31.7 Å². The highest BCUT2D eigenvalue weighted by molar-refractivity contribution is 6.30. The van der Waals surface area contributed by atoms with E-state index >= 15 is 0 Å². The number of carbonyl (C=O) groups excluding carboxylic acids is 1. The van der Waals surface area contributed by atoms with Gasteiger partial charge in [-0.05, 0) is 37.1 Å². The van der Waals surface area contributed by atoms with Gasteiger partial charge in [-0.3, -0.25) is 4.79 Å². The van der Waals surface area contributed by atoms with Gasteiger partial charge in [0.1, 0.15) is 6.04 Å². The van der Waals surface area contributed by atoms with Crippen LogP contribution in [0.15, 0.2) is 28.8 Å². The van der Waals surface area contributed by atoms with Crippen molar-refractivity contribution in [1.29, 1.82) is 0 Å². The maximum Gasteiger partial charge on any atom is 0.326 e. The number of hydrogen-bond donors (Lipinski definition) is 1. The molecule has 1 N–H and O–H groups in total. The summed E-state index contributed by atoms with van der Waals surface area (Å²) < 4.78 is 5.16. The molecule has 2 aromatic rings. The first kappa shape index (κ1) is 16.4. The number of aryl methyl sites for hydroxylation is 1. The number of halogens is 1. The van der Waals surface area contributed by atoms with E-state index in [1.165, 1.54) is 4.90 Å². The Morgan fingerprint density at radius 3 is 2.79 bits per heavy atom. The van der Waals surface area contributed by atoms with Crippen LogP contribution in [0, 0.1) is 0 Å². The molecule has 0 radical (unpaired) electrons. The second kappa shape index (κ2) is 7.00. The van der Waals surface area contributed by atoms with Gasteiger partial charge in [-0.1, -0.05) is 16.8 Å². The molecule has 24 heavy (non-hydrogen) atoms. The molecular formula is C16H16ClN3O4. The number of nitrogens with zero attached hydrogens (tertiary/aromatic N) is 3. The van der Waals surface area contributed by atoms with Crippen molar-refractivity contribution in [2.75, 3.05) is 6.54 Å². The van der Waals surface area contributed by atoms with Crippen LogP contribution in [0.1, 0.15) is 25.2 Å². The van der Waals surface area contributed by atoms with Gasteiger partial charge in [0.15, 0.2) is 0 Å². The van der Waals surface area contributed by atoms with Crippen LogP contribution < -0.4 is 0 Å². The highest BCUT2D eigenvalue weighted by Crippen LogP contribution is 2.21. The second-order valence-electron chi connectivity index (χ2n) is 5.60. The molecule has 1 aromatic carbocycles. The lowest BCUT2D eigenvalue weighted by Crippen LogP contribution is -2.40. The number of carbonyl (C=O) groups is 2. The Balaban J connectivity index is 1.60. The Kier molecular flexibility index (Phi) is 4.80. The molecule has 1 fully saturated rings. The van der Waals surface area contributed by atoms with Gasteiger partial charge in [0, 0.05) is 30.0 Å². The minimum atomic E-state index is -0.955. The predicted octanol–water partition coefficient (Wildman–Crippen LogP) is 2.40. The van der Waals surface area contributed by atoms with Gasteiger partial charge in [0.25, 0.3) is 0 Å². The topological polar surface area (TPSA) is 96.5 Å². The summed E-state index contributed by atoms with van der Waals surface area (Å²) in [6.45, 7) is 0.482. The Morgan fingerprint density at radius 2 is 2.08 bits per heavy atom. The average molecular weight is 350 g/mol. The summed E-state index contributed by atoms with van der Waals surface area (Å²) >= 11 is 5.84. The maximum atomic E-state index is 12.2. The first-order chi connectivity index (χ1) is 11.5. The maximum absolute atomic E-state index is 12.2. The zero-order chi connectivity index (χ0) is 17.1. The molecule has 0 bridgehead atoms. The van der Waals surface area contributed by atoms with Crippen molar-refractivity contribution in [3.05, 3.63) is 35.2 Å². The Hall–Kier alpha value is -2.41. The van der Waals surface area contributed by atoms with Crippen LogP contribution in [-0.4, -0.2) is 44.6 Å². The highest BCUT2D eigenvalue weighted by Gasteiger charge is 2.33. The molecule has 126 valence electrons. The third-order valence-corrected chi connectivity index (χ3v) is 4.23. The number of hydrogen-bond acceptors (Lipinski definition) is 5. The zero-order valence-electron chi connectivity index (χ0n) is 12.8. The molecule has 0 aliphatic carbocycles. The summed E-state index contributed by atoms with van der Waals surface area (Å²) in [5, 5.41) is 13.6. The smallest absolute Gasteiger partial charge is 0.326 e. The van der Waals surface area contributed by atoms with Gasteiger partial charge in [-0.15, -0.1) is 0 Å². The number of carboxylic acids is 1. The van der Waals surface area contributed by atoms with Crippen LogP contribution in [0.25, 0.3) is 11.4 Å². The summed E-state index contributed by atoms with van der Waals surface area (Å²) in [7, 11) is 0. The Morgan fingerprint density at radius 1 is 1.33 bits per heavy atom. The number of rotatable bonds is 5. The molecule has 0 spiro atoms. The molecule has 1 amide bonds. The monoisotopic (exact) mass is 349 g/mol. The molecule has 1 unspecified atom stereocenters. The third kappa shape index (κ3) is 3.56. The molecular weight excluding hydrogens is 334 g/mol. The van der Waals surface area contributed by atoms with E-state index in [-0.39, 0.29) is 18.7 Å². The first-order valence-corrected chi connectivity index (χ1v) is 8.03. The van der Waals surface area contributed by atoms with E-state index in [4.69, 9.17) is 21.2 Å². The second-order valence-corrected chi connectivity index (χ2v) is 6.04. The Labute approximate surface area is 143 Å². The molecule has 1 aromatic heterocycles. The minimum absolute atomic E-state index is 0.145. The largest absolute Gasteiger partial charge is 0.480 e. The molecule has 1 aliphatic rings. The zero-order valence-corrected chi connectivity index (χ0v) is 13.6. The molecule has 8 heteroatoms. The average Bonchev–Trinajstić information content (AvgIpc) is 3.22. The predicted molar refractivity (Wildman–Crippen MR) is 85.4 cm³/mol. The fraction of sp³-hybridized carbons (Fsp3) is 0.375. The lowest BCUT2D eigenvalue weighted by atomic mass is 10.2.